The van der Waals surface area contributed by atoms with Crippen molar-refractivity contribution >= 4 is 34.7 Å². The number of rotatable bonds is 24. The number of Topliss-reactive ketones (excluding diaryl/α,β-unsaturated/α-hetero) is 1. The summed E-state index contributed by atoms with van der Waals surface area (Å²) >= 11 is 5.83. The fourth-order valence-corrected chi connectivity index (χ4v) is 3.78. The van der Waals surface area contributed by atoms with E-state index in [-0.39, 0.29) is 41.3 Å². The lowest BCUT2D eigenvalue weighted by molar-refractivity contribution is -0.00779. The van der Waals surface area contributed by atoms with Gasteiger partial charge in [-0.1, -0.05) is 30.2 Å². The van der Waals surface area contributed by atoms with Crippen molar-refractivity contribution in [3.8, 4) is 5.75 Å². The van der Waals surface area contributed by atoms with Crippen LogP contribution in [0, 0.1) is 5.41 Å². The largest absolute Gasteiger partial charge is 0.491 e. The average molecular weight is 596 g/mol. The van der Waals surface area contributed by atoms with E-state index in [1.165, 1.54) is 5.56 Å². The van der Waals surface area contributed by atoms with E-state index in [1.807, 2.05) is 12.1 Å². The number of anilines is 2. The number of aliphatic hydroxyl groups excluding tert-OH is 1. The number of ether oxygens (including phenoxy) is 5. The van der Waals surface area contributed by atoms with Gasteiger partial charge < -0.3 is 45.7 Å². The quantitative estimate of drug-likeness (QED) is 0.0793. The molecule has 1 aromatic carbocycles. The smallest absolute Gasteiger partial charge is 0.190 e. The minimum Gasteiger partial charge on any atom is -0.491 e. The Morgan fingerprint density at radius 1 is 0.805 bits per heavy atom. The second kappa shape index (κ2) is 20.9. The number of aliphatic hydroxyl groups is 1. The van der Waals surface area contributed by atoms with Gasteiger partial charge in [0.15, 0.2) is 28.3 Å². The maximum Gasteiger partial charge on any atom is 0.190 e. The van der Waals surface area contributed by atoms with Crippen molar-refractivity contribution < 1.29 is 33.6 Å². The zero-order valence-corrected chi connectivity index (χ0v) is 24.2. The average Bonchev–Trinajstić information content (AvgIpc) is 2.95. The fraction of sp³-hybridized carbons (Fsp3) is 0.571. The molecule has 41 heavy (non-hydrogen) atoms. The Hall–Kier alpha value is -2.87. The Kier molecular flexibility index (Phi) is 17.5. The molecule has 0 aliphatic carbocycles. The summed E-state index contributed by atoms with van der Waals surface area (Å²) in [5.41, 5.74) is 12.7. The molecule has 1 heterocycles. The molecular formula is C28H42ClN5O7. The number of benzene rings is 1. The summed E-state index contributed by atoms with van der Waals surface area (Å²) in [6.45, 7) is 4.16. The van der Waals surface area contributed by atoms with Crippen LogP contribution in [0.5, 0.6) is 5.75 Å². The van der Waals surface area contributed by atoms with Gasteiger partial charge in [0.2, 0.25) is 0 Å². The van der Waals surface area contributed by atoms with Gasteiger partial charge in [0.1, 0.15) is 12.4 Å². The molecule has 0 unspecified atom stereocenters. The molecule has 12 nitrogen and oxygen atoms in total. The molecule has 0 saturated heterocycles. The number of carbonyl (C=O) groups excluding carboxylic acids is 1. The number of halogens is 1. The van der Waals surface area contributed by atoms with Crippen LogP contribution in [0.4, 0.5) is 11.6 Å². The van der Waals surface area contributed by atoms with Crippen LogP contribution in [0.15, 0.2) is 24.3 Å². The number of hydrogen-bond acceptors (Lipinski definition) is 12. The summed E-state index contributed by atoms with van der Waals surface area (Å²) in [5.74, 6) is 0.297. The number of aromatic nitrogens is 2. The van der Waals surface area contributed by atoms with E-state index in [1.54, 1.807) is 0 Å². The Morgan fingerprint density at radius 2 is 1.39 bits per heavy atom. The van der Waals surface area contributed by atoms with Crippen molar-refractivity contribution in [2.24, 2.45) is 0 Å². The van der Waals surface area contributed by atoms with E-state index in [9.17, 15) is 4.79 Å². The second-order valence-electron chi connectivity index (χ2n) is 9.06. The molecule has 1 aromatic heterocycles. The van der Waals surface area contributed by atoms with Crippen molar-refractivity contribution in [2.45, 2.75) is 38.5 Å². The van der Waals surface area contributed by atoms with Gasteiger partial charge in [0.25, 0.3) is 0 Å². The summed E-state index contributed by atoms with van der Waals surface area (Å²) in [6, 6.07) is 8.00. The predicted octanol–water partition coefficient (Wildman–Crippen LogP) is 3.13. The molecule has 0 radical (unpaired) electrons. The first-order valence-electron chi connectivity index (χ1n) is 13.7. The van der Waals surface area contributed by atoms with Crippen molar-refractivity contribution in [3.05, 3.63) is 40.7 Å². The van der Waals surface area contributed by atoms with Gasteiger partial charge in [0, 0.05) is 5.71 Å². The maximum atomic E-state index is 12.4. The number of nitrogens with zero attached hydrogens (tertiary/aromatic N) is 2. The third kappa shape index (κ3) is 15.1. The van der Waals surface area contributed by atoms with Crippen LogP contribution < -0.4 is 16.2 Å². The molecule has 228 valence electrons. The number of hydrogen-bond donors (Lipinski definition) is 4. The van der Waals surface area contributed by atoms with Crippen LogP contribution in [0.25, 0.3) is 0 Å². The zero-order chi connectivity index (χ0) is 29.7. The van der Waals surface area contributed by atoms with Crippen LogP contribution in [0.3, 0.4) is 0 Å². The van der Waals surface area contributed by atoms with Crippen molar-refractivity contribution in [2.75, 3.05) is 77.5 Å². The van der Waals surface area contributed by atoms with Gasteiger partial charge in [-0.3, -0.25) is 4.79 Å². The Balaban J connectivity index is 1.46. The molecule has 0 bridgehead atoms. The number of nitrogens with two attached hydrogens (primary N) is 2. The van der Waals surface area contributed by atoms with Crippen LogP contribution in [-0.4, -0.2) is 92.6 Å². The second-order valence-corrected chi connectivity index (χ2v) is 9.42. The van der Waals surface area contributed by atoms with Gasteiger partial charge in [0.05, 0.1) is 65.9 Å². The van der Waals surface area contributed by atoms with Gasteiger partial charge in [-0.15, -0.1) is 0 Å². The molecule has 0 aliphatic rings. The van der Waals surface area contributed by atoms with Gasteiger partial charge in [-0.2, -0.15) is 0 Å². The summed E-state index contributed by atoms with van der Waals surface area (Å²) in [5, 5.41) is 16.6. The standard InChI is InChI=1S/C28H42ClN5O7/c29-26-28(32)34-27(31)25(33-26)24(36)20-22(30)5-3-1-2-4-21-6-8-23(9-7-21)41-19-18-40-17-16-39-15-14-38-13-12-37-11-10-35/h6-9,30,35H,1-5,10-20H2,(H4,31,32,34). The van der Waals surface area contributed by atoms with E-state index in [0.717, 1.165) is 31.4 Å². The lowest BCUT2D eigenvalue weighted by atomic mass is 10.0. The summed E-state index contributed by atoms with van der Waals surface area (Å²) < 4.78 is 27.1. The highest BCUT2D eigenvalue weighted by Crippen LogP contribution is 2.19. The maximum absolute atomic E-state index is 12.4. The minimum atomic E-state index is -0.388. The zero-order valence-electron chi connectivity index (χ0n) is 23.4. The normalized spacial score (nSPS) is 11.1. The van der Waals surface area contributed by atoms with Crippen molar-refractivity contribution in [1.29, 1.82) is 5.41 Å². The molecule has 0 aliphatic heterocycles. The SMILES string of the molecule is N=C(CCCCCc1ccc(OCCOCCOCCOCCOCCO)cc1)CC(=O)c1nc(Cl)c(N)nc1N. The van der Waals surface area contributed by atoms with E-state index >= 15 is 0 Å². The third-order valence-electron chi connectivity index (χ3n) is 5.76. The molecule has 2 rings (SSSR count). The number of carbonyl (C=O) groups is 1. The van der Waals surface area contributed by atoms with Crippen LogP contribution >= 0.6 is 11.6 Å². The predicted molar refractivity (Wildman–Crippen MR) is 157 cm³/mol. The lowest BCUT2D eigenvalue weighted by Crippen LogP contribution is -2.14. The number of unbranched alkanes of at least 4 members (excludes halogenated alkanes) is 2. The highest BCUT2D eigenvalue weighted by atomic mass is 35.5. The van der Waals surface area contributed by atoms with Crippen molar-refractivity contribution in [3.63, 3.8) is 0 Å². The summed E-state index contributed by atoms with van der Waals surface area (Å²) in [4.78, 5) is 20.1. The van der Waals surface area contributed by atoms with Crippen LogP contribution in [0.2, 0.25) is 5.15 Å². The molecule has 0 saturated carbocycles. The van der Waals surface area contributed by atoms with Gasteiger partial charge in [-0.25, -0.2) is 9.97 Å². The topological polar surface area (TPSA) is 185 Å². The summed E-state index contributed by atoms with van der Waals surface area (Å²) in [7, 11) is 0. The molecule has 13 heteroatoms. The molecule has 0 atom stereocenters. The molecule has 2 aromatic rings. The van der Waals surface area contributed by atoms with Crippen LogP contribution in [0.1, 0.15) is 48.2 Å². The first-order chi connectivity index (χ1) is 19.9. The van der Waals surface area contributed by atoms with E-state index < -0.39 is 0 Å². The number of ketones is 1. The van der Waals surface area contributed by atoms with Gasteiger partial charge in [-0.05, 0) is 43.4 Å². The number of nitrogens with one attached hydrogen (secondary N) is 1. The van der Waals surface area contributed by atoms with Crippen LogP contribution in [-0.2, 0) is 25.4 Å². The van der Waals surface area contributed by atoms with E-state index in [0.29, 0.717) is 71.6 Å². The van der Waals surface area contributed by atoms with E-state index in [2.05, 4.69) is 22.1 Å². The fourth-order valence-electron chi connectivity index (χ4n) is 3.65. The monoisotopic (exact) mass is 595 g/mol. The third-order valence-corrected chi connectivity index (χ3v) is 6.04. The number of aryl methyl sites for hydroxylation is 1. The Morgan fingerprint density at radius 3 is 2.00 bits per heavy atom. The molecular weight excluding hydrogens is 554 g/mol. The Labute approximate surface area is 246 Å². The number of nitrogen functional groups attached to an aromatic ring is 2. The molecule has 0 spiro atoms. The summed E-state index contributed by atoms with van der Waals surface area (Å²) in [6.07, 6.45) is 4.12. The lowest BCUT2D eigenvalue weighted by Gasteiger charge is -2.09. The minimum absolute atomic E-state index is 0.0172. The highest BCUT2D eigenvalue weighted by Gasteiger charge is 2.17. The highest BCUT2D eigenvalue weighted by molar-refractivity contribution is 6.31. The molecule has 0 fully saturated rings. The Bertz CT molecular complexity index is 1040. The molecule has 0 amide bonds. The van der Waals surface area contributed by atoms with Gasteiger partial charge >= 0.3 is 0 Å². The van der Waals surface area contributed by atoms with Crippen molar-refractivity contribution in [1.82, 2.24) is 9.97 Å². The first kappa shape index (κ1) is 34.3. The van der Waals surface area contributed by atoms with E-state index in [4.69, 9.17) is 57.3 Å². The first-order valence-corrected chi connectivity index (χ1v) is 14.1. The molecule has 6 N–H and O–H groups in total.